The molecule has 0 aliphatic carbocycles. The first kappa shape index (κ1) is 38.2. The van der Waals surface area contributed by atoms with Crippen molar-refractivity contribution >= 4 is 217 Å². The van der Waals surface area contributed by atoms with E-state index >= 15 is 0 Å². The predicted octanol–water partition coefficient (Wildman–Crippen LogP) is -11.9. The van der Waals surface area contributed by atoms with Gasteiger partial charge in [0.2, 0.25) is 0 Å². The summed E-state index contributed by atoms with van der Waals surface area (Å²) in [6.45, 7) is 0. The highest BCUT2D eigenvalue weighted by atomic mass is 16.3. The van der Waals surface area contributed by atoms with E-state index in [-0.39, 0.29) is 0 Å². The lowest BCUT2D eigenvalue weighted by Crippen LogP contribution is -2.47. The molecule has 4 nitrogen and oxygen atoms in total. The molecular formula is C41H38B13N3O. The molecule has 0 saturated heterocycles. The number of nitrogens with zero attached hydrogens (tertiary/aromatic N) is 3. The van der Waals surface area contributed by atoms with Crippen molar-refractivity contribution in [2.45, 2.75) is 0 Å². The first-order valence-electron chi connectivity index (χ1n) is 20.5. The minimum atomic E-state index is 0.653. The molecule has 7 aromatic carbocycles. The van der Waals surface area contributed by atoms with Crippen LogP contribution in [0.25, 0.3) is 88.8 Å². The second kappa shape index (κ2) is 13.9. The molecule has 2 heterocycles. The van der Waals surface area contributed by atoms with Crippen LogP contribution < -0.4 is 71.0 Å². The first-order valence-corrected chi connectivity index (χ1v) is 20.5. The lowest BCUT2D eigenvalue weighted by Gasteiger charge is -2.26. The SMILES string of the molecule is Bc1c(B)c(B)c2c(oc3c(B)c(B)c(B)c(-c4nc(-c5ccccc5)nc(-c5c(B)c(B)c(B)c6c(-c7cccc8ccccc78)c(B)c(B)c(B)c56)n4)c32)c1B. The highest BCUT2D eigenvalue weighted by Gasteiger charge is 2.28. The summed E-state index contributed by atoms with van der Waals surface area (Å²) < 4.78 is 6.92. The molecule has 0 bridgehead atoms. The van der Waals surface area contributed by atoms with Crippen molar-refractivity contribution in [1.29, 1.82) is 0 Å². The Balaban J connectivity index is 1.47. The number of furan rings is 1. The van der Waals surface area contributed by atoms with E-state index in [1.165, 1.54) is 92.8 Å². The summed E-state index contributed by atoms with van der Waals surface area (Å²) in [4.78, 5) is 16.5. The van der Waals surface area contributed by atoms with Crippen LogP contribution in [-0.4, -0.2) is 117 Å². The molecule has 0 amide bonds. The molecule has 0 aliphatic rings. The Morgan fingerprint density at radius 3 is 1.40 bits per heavy atom. The predicted molar refractivity (Wildman–Crippen MR) is 290 cm³/mol. The Morgan fingerprint density at radius 2 is 0.759 bits per heavy atom. The van der Waals surface area contributed by atoms with Gasteiger partial charge in [-0.15, -0.1) is 10.9 Å². The minimum Gasteiger partial charge on any atom is -0.457 e. The van der Waals surface area contributed by atoms with E-state index in [0.29, 0.717) is 17.5 Å². The lowest BCUT2D eigenvalue weighted by atomic mass is 9.60. The molecule has 0 radical (unpaired) electrons. The smallest absolute Gasteiger partial charge is 0.164 e. The number of hydrogen-bond donors (Lipinski definition) is 0. The zero-order valence-corrected chi connectivity index (χ0v) is 36.2. The van der Waals surface area contributed by atoms with Gasteiger partial charge in [0.25, 0.3) is 0 Å². The van der Waals surface area contributed by atoms with Crippen molar-refractivity contribution in [3.05, 3.63) is 72.8 Å². The zero-order chi connectivity index (χ0) is 41.1. The quantitative estimate of drug-likeness (QED) is 0.169. The van der Waals surface area contributed by atoms with Gasteiger partial charge in [-0.25, -0.2) is 15.0 Å². The second-order valence-electron chi connectivity index (χ2n) is 16.7. The van der Waals surface area contributed by atoms with Crippen LogP contribution in [0.5, 0.6) is 0 Å². The van der Waals surface area contributed by atoms with Gasteiger partial charge in [0.05, 0.1) is 0 Å². The molecule has 0 spiro atoms. The molecule has 0 fully saturated rings. The Labute approximate surface area is 352 Å². The minimum absolute atomic E-state index is 0.653. The van der Waals surface area contributed by atoms with E-state index in [2.05, 4.69) is 169 Å². The van der Waals surface area contributed by atoms with Crippen molar-refractivity contribution in [2.75, 3.05) is 0 Å². The molecule has 0 atom stereocenters. The highest BCUT2D eigenvalue weighted by molar-refractivity contribution is 6.70. The summed E-state index contributed by atoms with van der Waals surface area (Å²) in [6.07, 6.45) is 0. The van der Waals surface area contributed by atoms with E-state index in [4.69, 9.17) is 19.4 Å². The van der Waals surface area contributed by atoms with Gasteiger partial charge in [0.15, 0.2) is 17.5 Å². The number of fused-ring (bicyclic) bond motifs is 5. The monoisotopic (exact) mass is 731 g/mol. The fourth-order valence-electron chi connectivity index (χ4n) is 9.64. The van der Waals surface area contributed by atoms with Gasteiger partial charge in [-0.3, -0.25) is 0 Å². The topological polar surface area (TPSA) is 51.8 Å². The average Bonchev–Trinajstić information content (AvgIpc) is 3.64. The lowest BCUT2D eigenvalue weighted by molar-refractivity contribution is 0.675. The van der Waals surface area contributed by atoms with Gasteiger partial charge in [-0.1, -0.05) is 133 Å². The molecule has 262 valence electrons. The van der Waals surface area contributed by atoms with Gasteiger partial charge < -0.3 is 4.42 Å². The Morgan fingerprint density at radius 1 is 0.328 bits per heavy atom. The molecule has 0 N–H and O–H groups in total. The molecule has 9 rings (SSSR count). The van der Waals surface area contributed by atoms with E-state index in [1.54, 1.807) is 0 Å². The van der Waals surface area contributed by atoms with E-state index < -0.39 is 0 Å². The molecule has 0 unspecified atom stereocenters. The molecule has 17 heteroatoms. The third kappa shape index (κ3) is 5.45. The molecule has 0 aliphatic heterocycles. The number of rotatable bonds is 4. The van der Waals surface area contributed by atoms with Gasteiger partial charge in [-0.05, 0) is 32.7 Å². The third-order valence-corrected chi connectivity index (χ3v) is 14.1. The zero-order valence-electron chi connectivity index (χ0n) is 36.2. The Kier molecular flexibility index (Phi) is 9.19. The number of aromatic nitrogens is 3. The Bertz CT molecular complexity index is 3270. The summed E-state index contributed by atoms with van der Waals surface area (Å²) in [7, 11) is 29.1. The van der Waals surface area contributed by atoms with Crippen LogP contribution in [0.2, 0.25) is 0 Å². The van der Waals surface area contributed by atoms with Crippen molar-refractivity contribution in [3.8, 4) is 45.3 Å². The second-order valence-corrected chi connectivity index (χ2v) is 16.7. The standard InChI is InChI=1S/C41H38B13N3O/c42-24-17(16-12-6-10-13-7-4-5-11-15(13)16)18-19(26(44)30(24)48)22(28(46)31(49)25(18)43)40-55-39(14-8-2-1-3-9-14)56-41(57-40)23-20-21-27(45)32(50)34(52)36(54)38(21)58-37(20)35(53)33(51)29(23)47/h1-12H,42-54H2. The van der Waals surface area contributed by atoms with E-state index in [1.807, 2.05) is 6.07 Å². The summed E-state index contributed by atoms with van der Waals surface area (Å²) in [6, 6.07) is 25.8. The summed E-state index contributed by atoms with van der Waals surface area (Å²) >= 11 is 0. The van der Waals surface area contributed by atoms with Crippen LogP contribution in [-0.2, 0) is 0 Å². The summed E-state index contributed by atoms with van der Waals surface area (Å²) in [5, 5.41) is 7.19. The van der Waals surface area contributed by atoms with Crippen LogP contribution in [0.1, 0.15) is 0 Å². The molecule has 58 heavy (non-hydrogen) atoms. The van der Waals surface area contributed by atoms with Gasteiger partial charge in [0.1, 0.15) is 113 Å². The first-order chi connectivity index (χ1) is 27.7. The maximum absolute atomic E-state index is 6.92. The summed E-state index contributed by atoms with van der Waals surface area (Å²) in [5.41, 5.74) is 23.4. The van der Waals surface area contributed by atoms with Crippen molar-refractivity contribution in [1.82, 2.24) is 15.0 Å². The van der Waals surface area contributed by atoms with Gasteiger partial charge in [0, 0.05) is 27.5 Å². The van der Waals surface area contributed by atoms with Crippen LogP contribution in [0, 0.1) is 0 Å². The molecular weight excluding hydrogens is 691 g/mol. The van der Waals surface area contributed by atoms with Crippen LogP contribution in [0.15, 0.2) is 77.2 Å². The van der Waals surface area contributed by atoms with Crippen molar-refractivity contribution < 1.29 is 4.42 Å². The fourth-order valence-corrected chi connectivity index (χ4v) is 9.64. The van der Waals surface area contributed by atoms with E-state index in [9.17, 15) is 0 Å². The normalized spacial score (nSPS) is 11.7. The van der Waals surface area contributed by atoms with Gasteiger partial charge >= 0.3 is 0 Å². The van der Waals surface area contributed by atoms with Crippen LogP contribution in [0.4, 0.5) is 0 Å². The summed E-state index contributed by atoms with van der Waals surface area (Å²) in [5.74, 6) is 2.00. The molecule has 2 aromatic heterocycles. The van der Waals surface area contributed by atoms with Crippen LogP contribution >= 0.6 is 0 Å². The average molecular weight is 729 g/mol. The van der Waals surface area contributed by atoms with Gasteiger partial charge in [-0.2, -0.15) is 0 Å². The maximum Gasteiger partial charge on any atom is 0.164 e. The Hall–Kier alpha value is -5.29. The molecule has 9 aromatic rings. The van der Waals surface area contributed by atoms with Crippen LogP contribution in [0.3, 0.4) is 0 Å². The molecule has 0 saturated carbocycles. The third-order valence-electron chi connectivity index (χ3n) is 14.1. The number of benzene rings is 7. The largest absolute Gasteiger partial charge is 0.457 e. The fraction of sp³-hybridized carbons (Fsp3) is 0. The van der Waals surface area contributed by atoms with E-state index in [0.717, 1.165) is 49.6 Å². The highest BCUT2D eigenvalue weighted by Crippen LogP contribution is 2.36. The number of hydrogen-bond acceptors (Lipinski definition) is 4. The van der Waals surface area contributed by atoms with Crippen molar-refractivity contribution in [3.63, 3.8) is 0 Å². The maximum atomic E-state index is 6.92. The van der Waals surface area contributed by atoms with Crippen molar-refractivity contribution in [2.24, 2.45) is 0 Å².